The molecule has 0 saturated carbocycles. The van der Waals surface area contributed by atoms with Gasteiger partial charge in [-0.3, -0.25) is 0 Å². The van der Waals surface area contributed by atoms with Gasteiger partial charge in [0.25, 0.3) is 0 Å². The lowest BCUT2D eigenvalue weighted by Crippen LogP contribution is -2.18. The van der Waals surface area contributed by atoms with E-state index in [1.807, 2.05) is 0 Å². The topological polar surface area (TPSA) is 26.0 Å². The number of rotatable bonds is 6. The molecule has 1 rings (SSSR count). The third kappa shape index (κ3) is 3.64. The van der Waals surface area contributed by atoms with Crippen molar-refractivity contribution in [2.75, 3.05) is 0 Å². The van der Waals surface area contributed by atoms with Gasteiger partial charge in [0.05, 0.1) is 0 Å². The summed E-state index contributed by atoms with van der Waals surface area (Å²) in [6.07, 6.45) is 4.79. The maximum absolute atomic E-state index is 6.25. The van der Waals surface area contributed by atoms with Crippen molar-refractivity contribution in [1.29, 1.82) is 0 Å². The van der Waals surface area contributed by atoms with Crippen LogP contribution < -0.4 is 5.73 Å². The van der Waals surface area contributed by atoms with E-state index in [-0.39, 0.29) is 6.04 Å². The second-order valence-electron chi connectivity index (χ2n) is 4.78. The second kappa shape index (κ2) is 6.70. The first kappa shape index (κ1) is 13.2. The molecule has 1 aromatic rings. The van der Waals surface area contributed by atoms with E-state index in [1.54, 1.807) is 0 Å². The molecule has 2 N–H and O–H groups in total. The Hall–Kier alpha value is -0.820. The summed E-state index contributed by atoms with van der Waals surface area (Å²) in [6.45, 7) is 6.67. The SMILES string of the molecule is CCCc1ccc(C(N)C(C)CCC)cc1. The molecule has 0 aliphatic rings. The number of benzene rings is 1. The molecule has 0 saturated heterocycles. The van der Waals surface area contributed by atoms with E-state index in [9.17, 15) is 0 Å². The van der Waals surface area contributed by atoms with Crippen LogP contribution in [0.3, 0.4) is 0 Å². The summed E-state index contributed by atoms with van der Waals surface area (Å²) in [4.78, 5) is 0. The van der Waals surface area contributed by atoms with E-state index >= 15 is 0 Å². The molecule has 0 spiro atoms. The monoisotopic (exact) mass is 219 g/mol. The minimum Gasteiger partial charge on any atom is -0.324 e. The Bertz CT molecular complexity index is 289. The van der Waals surface area contributed by atoms with Gasteiger partial charge in [0.2, 0.25) is 0 Å². The highest BCUT2D eigenvalue weighted by Crippen LogP contribution is 2.23. The number of hydrogen-bond donors (Lipinski definition) is 1. The van der Waals surface area contributed by atoms with Crippen LogP contribution in [-0.2, 0) is 6.42 Å². The molecular formula is C15H25N. The van der Waals surface area contributed by atoms with E-state index in [0.717, 1.165) is 0 Å². The molecule has 0 fully saturated rings. The van der Waals surface area contributed by atoms with E-state index < -0.39 is 0 Å². The normalized spacial score (nSPS) is 14.8. The summed E-state index contributed by atoms with van der Waals surface area (Å²) < 4.78 is 0. The number of nitrogens with two attached hydrogens (primary N) is 1. The number of aryl methyl sites for hydroxylation is 1. The molecule has 1 aromatic carbocycles. The standard InChI is InChI=1S/C15H25N/c1-4-6-12(3)15(16)14-10-8-13(7-5-2)9-11-14/h8-12,15H,4-7,16H2,1-3H3. The summed E-state index contributed by atoms with van der Waals surface area (Å²) in [5, 5.41) is 0. The quantitative estimate of drug-likeness (QED) is 0.766. The molecule has 16 heavy (non-hydrogen) atoms. The highest BCUT2D eigenvalue weighted by molar-refractivity contribution is 5.25. The Morgan fingerprint density at radius 1 is 1.06 bits per heavy atom. The maximum atomic E-state index is 6.25. The van der Waals surface area contributed by atoms with Gasteiger partial charge in [-0.15, -0.1) is 0 Å². The zero-order valence-corrected chi connectivity index (χ0v) is 10.9. The fraction of sp³-hybridized carbons (Fsp3) is 0.600. The minimum absolute atomic E-state index is 0.190. The maximum Gasteiger partial charge on any atom is 0.0320 e. The molecule has 1 heteroatoms. The zero-order chi connectivity index (χ0) is 12.0. The summed E-state index contributed by atoms with van der Waals surface area (Å²) in [7, 11) is 0. The fourth-order valence-electron chi connectivity index (χ4n) is 2.16. The average Bonchev–Trinajstić information content (AvgIpc) is 2.30. The summed E-state index contributed by atoms with van der Waals surface area (Å²) in [5.41, 5.74) is 8.95. The molecule has 0 amide bonds. The van der Waals surface area contributed by atoms with Crippen LogP contribution in [0.15, 0.2) is 24.3 Å². The molecule has 2 unspecified atom stereocenters. The van der Waals surface area contributed by atoms with E-state index in [2.05, 4.69) is 45.0 Å². The Morgan fingerprint density at radius 3 is 2.19 bits per heavy atom. The smallest absolute Gasteiger partial charge is 0.0320 e. The first-order valence-electron chi connectivity index (χ1n) is 6.53. The average molecular weight is 219 g/mol. The van der Waals surface area contributed by atoms with Gasteiger partial charge in [-0.05, 0) is 29.9 Å². The van der Waals surface area contributed by atoms with Gasteiger partial charge in [0.15, 0.2) is 0 Å². The summed E-state index contributed by atoms with van der Waals surface area (Å²) in [5.74, 6) is 0.571. The van der Waals surface area contributed by atoms with Gasteiger partial charge < -0.3 is 5.73 Å². The van der Waals surface area contributed by atoms with E-state index in [0.29, 0.717) is 5.92 Å². The van der Waals surface area contributed by atoms with Crippen molar-refractivity contribution in [3.8, 4) is 0 Å². The van der Waals surface area contributed by atoms with Crippen molar-refractivity contribution < 1.29 is 0 Å². The van der Waals surface area contributed by atoms with Crippen molar-refractivity contribution in [2.24, 2.45) is 11.7 Å². The van der Waals surface area contributed by atoms with Gasteiger partial charge >= 0.3 is 0 Å². The van der Waals surface area contributed by atoms with Crippen molar-refractivity contribution in [3.05, 3.63) is 35.4 Å². The third-order valence-corrected chi connectivity index (χ3v) is 3.26. The van der Waals surface area contributed by atoms with Crippen molar-refractivity contribution in [3.63, 3.8) is 0 Å². The molecule has 0 aliphatic carbocycles. The largest absolute Gasteiger partial charge is 0.324 e. The van der Waals surface area contributed by atoms with Crippen LogP contribution in [0.1, 0.15) is 57.2 Å². The fourth-order valence-corrected chi connectivity index (χ4v) is 2.16. The summed E-state index contributed by atoms with van der Waals surface area (Å²) >= 11 is 0. The zero-order valence-electron chi connectivity index (χ0n) is 10.9. The molecule has 0 bridgehead atoms. The van der Waals surface area contributed by atoms with Crippen LogP contribution in [0.2, 0.25) is 0 Å². The third-order valence-electron chi connectivity index (χ3n) is 3.26. The van der Waals surface area contributed by atoms with Crippen molar-refractivity contribution >= 4 is 0 Å². The van der Waals surface area contributed by atoms with E-state index in [1.165, 1.54) is 36.8 Å². The van der Waals surface area contributed by atoms with Crippen LogP contribution in [0.25, 0.3) is 0 Å². The van der Waals surface area contributed by atoms with E-state index in [4.69, 9.17) is 5.73 Å². The highest BCUT2D eigenvalue weighted by atomic mass is 14.6. The van der Waals surface area contributed by atoms with Crippen LogP contribution in [-0.4, -0.2) is 0 Å². The first-order valence-corrected chi connectivity index (χ1v) is 6.53. The van der Waals surface area contributed by atoms with Crippen LogP contribution in [0.4, 0.5) is 0 Å². The lowest BCUT2D eigenvalue weighted by molar-refractivity contribution is 0.433. The van der Waals surface area contributed by atoms with Gasteiger partial charge in [0.1, 0.15) is 0 Å². The highest BCUT2D eigenvalue weighted by Gasteiger charge is 2.13. The second-order valence-corrected chi connectivity index (χ2v) is 4.78. The van der Waals surface area contributed by atoms with Crippen molar-refractivity contribution in [2.45, 2.75) is 52.5 Å². The summed E-state index contributed by atoms with van der Waals surface area (Å²) in [6, 6.07) is 9.02. The molecule has 2 atom stereocenters. The lowest BCUT2D eigenvalue weighted by atomic mass is 9.91. The predicted octanol–water partition coefficient (Wildman–Crippen LogP) is 4.08. The Balaban J connectivity index is 2.65. The van der Waals surface area contributed by atoms with Gasteiger partial charge in [-0.2, -0.15) is 0 Å². The lowest BCUT2D eigenvalue weighted by Gasteiger charge is -2.19. The molecule has 0 heterocycles. The van der Waals surface area contributed by atoms with Gasteiger partial charge in [-0.1, -0.05) is 57.9 Å². The van der Waals surface area contributed by atoms with Gasteiger partial charge in [-0.25, -0.2) is 0 Å². The number of hydrogen-bond acceptors (Lipinski definition) is 1. The molecule has 1 nitrogen and oxygen atoms in total. The van der Waals surface area contributed by atoms with Crippen LogP contribution in [0.5, 0.6) is 0 Å². The molecule has 0 radical (unpaired) electrons. The van der Waals surface area contributed by atoms with Crippen LogP contribution in [0, 0.1) is 5.92 Å². The van der Waals surface area contributed by atoms with Crippen LogP contribution >= 0.6 is 0 Å². The predicted molar refractivity (Wildman–Crippen MR) is 71.4 cm³/mol. The van der Waals surface area contributed by atoms with Crippen molar-refractivity contribution in [1.82, 2.24) is 0 Å². The Morgan fingerprint density at radius 2 is 1.69 bits per heavy atom. The Labute approximate surface area is 100 Å². The van der Waals surface area contributed by atoms with Gasteiger partial charge in [0, 0.05) is 6.04 Å². The molecule has 0 aromatic heterocycles. The molecule has 90 valence electrons. The first-order chi connectivity index (χ1) is 7.69. The Kier molecular flexibility index (Phi) is 5.54. The molecular weight excluding hydrogens is 194 g/mol. The molecule has 0 aliphatic heterocycles. The minimum atomic E-state index is 0.190.